The van der Waals surface area contributed by atoms with Crippen molar-refractivity contribution in [3.05, 3.63) is 34.5 Å². The predicted octanol–water partition coefficient (Wildman–Crippen LogP) is 2.45. The minimum Gasteiger partial charge on any atom is -0.479 e. The summed E-state index contributed by atoms with van der Waals surface area (Å²) in [6.07, 6.45) is -0.00163. The number of aliphatic carboxylic acids is 1. The lowest BCUT2D eigenvalue weighted by Crippen LogP contribution is -2.50. The third-order valence-electron chi connectivity index (χ3n) is 4.37. The zero-order valence-electron chi connectivity index (χ0n) is 12.5. The van der Waals surface area contributed by atoms with Crippen molar-refractivity contribution in [3.8, 4) is 0 Å². The van der Waals surface area contributed by atoms with Gasteiger partial charge in [-0.25, -0.2) is 4.79 Å². The van der Waals surface area contributed by atoms with E-state index in [2.05, 4.69) is 0 Å². The van der Waals surface area contributed by atoms with Gasteiger partial charge in [-0.3, -0.25) is 4.79 Å². The Morgan fingerprint density at radius 1 is 1.30 bits per heavy atom. The quantitative estimate of drug-likeness (QED) is 0.878. The SMILES string of the molecule is Cc1c(C(=O)N2CCC(O)(C(=O)O)CC2)oc2ccc(Cl)cc12. The number of amides is 1. The number of hydrogen-bond donors (Lipinski definition) is 2. The number of likely N-dealkylation sites (tertiary alicyclic amines) is 1. The van der Waals surface area contributed by atoms with E-state index in [1.165, 1.54) is 4.90 Å². The van der Waals surface area contributed by atoms with Crippen LogP contribution < -0.4 is 0 Å². The number of hydrogen-bond acceptors (Lipinski definition) is 4. The lowest BCUT2D eigenvalue weighted by atomic mass is 9.91. The number of fused-ring (bicyclic) bond motifs is 1. The molecule has 2 N–H and O–H groups in total. The molecule has 0 unspecified atom stereocenters. The maximum absolute atomic E-state index is 12.6. The van der Waals surface area contributed by atoms with Gasteiger partial charge in [0, 0.05) is 41.9 Å². The first-order valence-corrected chi connectivity index (χ1v) is 7.63. The van der Waals surface area contributed by atoms with Crippen molar-refractivity contribution in [2.75, 3.05) is 13.1 Å². The molecule has 1 saturated heterocycles. The van der Waals surface area contributed by atoms with Crippen LogP contribution in [0.2, 0.25) is 5.02 Å². The molecular formula is C16H16ClNO5. The Morgan fingerprint density at radius 2 is 1.96 bits per heavy atom. The maximum atomic E-state index is 12.6. The molecule has 1 aromatic heterocycles. The van der Waals surface area contributed by atoms with E-state index >= 15 is 0 Å². The van der Waals surface area contributed by atoms with E-state index in [1.807, 2.05) is 0 Å². The molecule has 7 heteroatoms. The number of aliphatic hydroxyl groups is 1. The van der Waals surface area contributed by atoms with Crippen LogP contribution in [0.1, 0.15) is 29.0 Å². The van der Waals surface area contributed by atoms with Crippen molar-refractivity contribution >= 4 is 34.4 Å². The van der Waals surface area contributed by atoms with E-state index in [0.29, 0.717) is 16.2 Å². The highest BCUT2D eigenvalue weighted by atomic mass is 35.5. The summed E-state index contributed by atoms with van der Waals surface area (Å²) in [6.45, 7) is 2.12. The molecule has 1 fully saturated rings. The van der Waals surface area contributed by atoms with Crippen LogP contribution in [0.5, 0.6) is 0 Å². The Morgan fingerprint density at radius 3 is 2.57 bits per heavy atom. The minimum absolute atomic E-state index is 0.000816. The standard InChI is InChI=1S/C16H16ClNO5/c1-9-11-8-10(17)2-3-12(11)23-13(9)14(19)18-6-4-16(22,5-7-18)15(20)21/h2-3,8,22H,4-7H2,1H3,(H,20,21). The summed E-state index contributed by atoms with van der Waals surface area (Å²) in [5, 5.41) is 20.3. The lowest BCUT2D eigenvalue weighted by Gasteiger charge is -2.34. The zero-order chi connectivity index (χ0) is 16.8. The summed E-state index contributed by atoms with van der Waals surface area (Å²) in [5.74, 6) is -1.33. The summed E-state index contributed by atoms with van der Waals surface area (Å²) in [7, 11) is 0. The topological polar surface area (TPSA) is 91.0 Å². The van der Waals surface area contributed by atoms with E-state index in [-0.39, 0.29) is 37.6 Å². The third-order valence-corrected chi connectivity index (χ3v) is 4.60. The third kappa shape index (κ3) is 2.68. The molecule has 6 nitrogen and oxygen atoms in total. The summed E-state index contributed by atoms with van der Waals surface area (Å²) in [4.78, 5) is 25.2. The predicted molar refractivity (Wildman–Crippen MR) is 83.7 cm³/mol. The zero-order valence-corrected chi connectivity index (χ0v) is 13.3. The number of nitrogens with zero attached hydrogens (tertiary/aromatic N) is 1. The highest BCUT2D eigenvalue weighted by Gasteiger charge is 2.41. The molecular weight excluding hydrogens is 322 g/mol. The molecule has 1 aliphatic heterocycles. The van der Waals surface area contributed by atoms with Crippen LogP contribution >= 0.6 is 11.6 Å². The number of benzene rings is 1. The van der Waals surface area contributed by atoms with Gasteiger partial charge in [0.2, 0.25) is 0 Å². The van der Waals surface area contributed by atoms with Crippen LogP contribution in [-0.2, 0) is 4.79 Å². The summed E-state index contributed by atoms with van der Waals surface area (Å²) in [5.41, 5.74) is -0.478. The molecule has 0 bridgehead atoms. The number of carboxylic acid groups (broad SMARTS) is 1. The minimum atomic E-state index is -1.76. The highest BCUT2D eigenvalue weighted by molar-refractivity contribution is 6.31. The fraction of sp³-hybridized carbons (Fsp3) is 0.375. The summed E-state index contributed by atoms with van der Waals surface area (Å²) < 4.78 is 5.64. The molecule has 1 amide bonds. The van der Waals surface area contributed by atoms with Crippen LogP contribution in [0, 0.1) is 6.92 Å². The number of carbonyl (C=O) groups is 2. The fourth-order valence-corrected chi connectivity index (χ4v) is 3.01. The van der Waals surface area contributed by atoms with E-state index < -0.39 is 11.6 Å². The van der Waals surface area contributed by atoms with Gasteiger partial charge in [0.05, 0.1) is 0 Å². The van der Waals surface area contributed by atoms with Crippen LogP contribution in [-0.4, -0.2) is 45.7 Å². The second-order valence-corrected chi connectivity index (χ2v) is 6.26. The number of carboxylic acids is 1. The Hall–Kier alpha value is -2.05. The van der Waals surface area contributed by atoms with Crippen molar-refractivity contribution in [1.82, 2.24) is 4.90 Å². The Balaban J connectivity index is 1.85. The Labute approximate surface area is 137 Å². The van der Waals surface area contributed by atoms with E-state index in [1.54, 1.807) is 25.1 Å². The molecule has 2 heterocycles. The van der Waals surface area contributed by atoms with Crippen LogP contribution in [0.3, 0.4) is 0 Å². The molecule has 23 heavy (non-hydrogen) atoms. The van der Waals surface area contributed by atoms with E-state index in [4.69, 9.17) is 21.1 Å². The monoisotopic (exact) mass is 337 g/mol. The van der Waals surface area contributed by atoms with Gasteiger partial charge in [-0.15, -0.1) is 0 Å². The molecule has 1 aliphatic rings. The first kappa shape index (κ1) is 15.8. The van der Waals surface area contributed by atoms with Crippen molar-refractivity contribution in [1.29, 1.82) is 0 Å². The van der Waals surface area contributed by atoms with Crippen LogP contribution in [0.15, 0.2) is 22.6 Å². The second kappa shape index (κ2) is 5.54. The second-order valence-electron chi connectivity index (χ2n) is 5.83. The van der Waals surface area contributed by atoms with E-state index in [9.17, 15) is 14.7 Å². The number of furan rings is 1. The Kier molecular flexibility index (Phi) is 3.82. The van der Waals surface area contributed by atoms with Gasteiger partial charge in [-0.05, 0) is 25.1 Å². The maximum Gasteiger partial charge on any atom is 0.335 e. The number of aryl methyl sites for hydroxylation is 1. The first-order chi connectivity index (χ1) is 10.8. The highest BCUT2D eigenvalue weighted by Crippen LogP contribution is 2.30. The average molecular weight is 338 g/mol. The summed E-state index contributed by atoms with van der Waals surface area (Å²) >= 11 is 5.97. The van der Waals surface area contributed by atoms with Gasteiger partial charge in [0.15, 0.2) is 11.4 Å². The lowest BCUT2D eigenvalue weighted by molar-refractivity contribution is -0.162. The molecule has 0 saturated carbocycles. The number of rotatable bonds is 2. The van der Waals surface area contributed by atoms with Crippen molar-refractivity contribution in [2.24, 2.45) is 0 Å². The van der Waals surface area contributed by atoms with Crippen molar-refractivity contribution in [2.45, 2.75) is 25.4 Å². The molecule has 2 aromatic rings. The number of carbonyl (C=O) groups excluding carboxylic acids is 1. The molecule has 0 aliphatic carbocycles. The van der Waals surface area contributed by atoms with Crippen molar-refractivity contribution in [3.63, 3.8) is 0 Å². The largest absolute Gasteiger partial charge is 0.479 e. The first-order valence-electron chi connectivity index (χ1n) is 7.25. The molecule has 0 spiro atoms. The molecule has 122 valence electrons. The average Bonchev–Trinajstić information content (AvgIpc) is 2.84. The fourth-order valence-electron chi connectivity index (χ4n) is 2.83. The van der Waals surface area contributed by atoms with E-state index in [0.717, 1.165) is 5.39 Å². The van der Waals surface area contributed by atoms with Crippen LogP contribution in [0.25, 0.3) is 11.0 Å². The molecule has 1 aromatic carbocycles. The van der Waals surface area contributed by atoms with Gasteiger partial charge in [-0.2, -0.15) is 0 Å². The van der Waals surface area contributed by atoms with Gasteiger partial charge < -0.3 is 19.5 Å². The Bertz CT molecular complexity index is 789. The normalized spacial score (nSPS) is 17.4. The van der Waals surface area contributed by atoms with Gasteiger partial charge in [0.25, 0.3) is 5.91 Å². The van der Waals surface area contributed by atoms with Crippen molar-refractivity contribution < 1.29 is 24.2 Å². The van der Waals surface area contributed by atoms with Gasteiger partial charge in [-0.1, -0.05) is 11.6 Å². The molecule has 3 rings (SSSR count). The van der Waals surface area contributed by atoms with Crippen LogP contribution in [0.4, 0.5) is 0 Å². The van der Waals surface area contributed by atoms with Gasteiger partial charge in [0.1, 0.15) is 5.58 Å². The number of halogens is 1. The molecule has 0 atom stereocenters. The number of piperidine rings is 1. The molecule has 0 radical (unpaired) electrons. The smallest absolute Gasteiger partial charge is 0.335 e. The van der Waals surface area contributed by atoms with Gasteiger partial charge >= 0.3 is 5.97 Å². The summed E-state index contributed by atoms with van der Waals surface area (Å²) in [6, 6.07) is 5.14.